The van der Waals surface area contributed by atoms with Gasteiger partial charge < -0.3 is 0 Å². The van der Waals surface area contributed by atoms with Gasteiger partial charge in [0.1, 0.15) is 0 Å². The van der Waals surface area contributed by atoms with Gasteiger partial charge in [-0.3, -0.25) is 14.5 Å². The molecule has 1 aliphatic heterocycles. The maximum atomic E-state index is 12.8. The molecule has 2 aromatic rings. The van der Waals surface area contributed by atoms with Crippen molar-refractivity contribution in [3.63, 3.8) is 0 Å². The monoisotopic (exact) mass is 351 g/mol. The molecule has 4 rings (SSSR count). The quantitative estimate of drug-likeness (QED) is 0.748. The first kappa shape index (κ1) is 16.4. The number of carbonyl (C=O) groups is 2. The van der Waals surface area contributed by atoms with Crippen molar-refractivity contribution in [3.8, 4) is 0 Å². The Morgan fingerprint density at radius 3 is 2.20 bits per heavy atom. The van der Waals surface area contributed by atoms with Gasteiger partial charge in [-0.2, -0.15) is 0 Å². The molecule has 2 fully saturated rings. The van der Waals surface area contributed by atoms with E-state index in [4.69, 9.17) is 0 Å². The summed E-state index contributed by atoms with van der Waals surface area (Å²) in [6.07, 6.45) is 2.73. The Morgan fingerprint density at radius 2 is 1.48 bits per heavy atom. The summed E-state index contributed by atoms with van der Waals surface area (Å²) in [4.78, 5) is 29.2. The van der Waals surface area contributed by atoms with Gasteiger partial charge in [0.05, 0.1) is 17.5 Å². The Labute approximate surface area is 152 Å². The Balaban J connectivity index is 1.54. The number of hydrogen-bond acceptors (Lipinski definition) is 3. The first-order chi connectivity index (χ1) is 12.1. The fraction of sp³-hybridized carbons (Fsp3) is 0.333. The van der Waals surface area contributed by atoms with Gasteiger partial charge in [0.2, 0.25) is 11.8 Å². The molecule has 1 aliphatic carbocycles. The molecule has 2 aliphatic rings. The Bertz CT molecular complexity index is 787. The summed E-state index contributed by atoms with van der Waals surface area (Å²) in [5, 5.41) is 0. The van der Waals surface area contributed by atoms with E-state index in [2.05, 4.69) is 19.1 Å². The number of imide groups is 1. The van der Waals surface area contributed by atoms with Crippen molar-refractivity contribution >= 4 is 29.3 Å². The molecule has 1 saturated carbocycles. The standard InChI is InChI=1S/C21H21NO2S/c1-14-7-12-18-19(13-14)21(24)22(20(18)23)15-8-10-17(11-9-15)25-16-5-3-2-4-6-16/h2-6,8-11,14,18-19H,7,12-13H2,1H3. The summed E-state index contributed by atoms with van der Waals surface area (Å²) in [6.45, 7) is 2.17. The van der Waals surface area contributed by atoms with E-state index in [1.165, 1.54) is 9.80 Å². The van der Waals surface area contributed by atoms with E-state index in [0.29, 0.717) is 11.6 Å². The van der Waals surface area contributed by atoms with Crippen LogP contribution in [0.15, 0.2) is 64.4 Å². The smallest absolute Gasteiger partial charge is 0.237 e. The first-order valence-electron chi connectivity index (χ1n) is 8.84. The van der Waals surface area contributed by atoms with Crippen LogP contribution in [0.2, 0.25) is 0 Å². The van der Waals surface area contributed by atoms with Crippen LogP contribution in [-0.4, -0.2) is 11.8 Å². The maximum absolute atomic E-state index is 12.8. The Kier molecular flexibility index (Phi) is 4.38. The van der Waals surface area contributed by atoms with Crippen LogP contribution in [0.3, 0.4) is 0 Å². The van der Waals surface area contributed by atoms with Crippen LogP contribution in [-0.2, 0) is 9.59 Å². The number of hydrogen-bond donors (Lipinski definition) is 0. The van der Waals surface area contributed by atoms with Gasteiger partial charge in [-0.05, 0) is 61.6 Å². The highest BCUT2D eigenvalue weighted by Crippen LogP contribution is 2.42. The highest BCUT2D eigenvalue weighted by molar-refractivity contribution is 7.99. The lowest BCUT2D eigenvalue weighted by atomic mass is 9.76. The van der Waals surface area contributed by atoms with E-state index in [1.807, 2.05) is 42.5 Å². The third kappa shape index (κ3) is 3.11. The normalized spacial score (nSPS) is 26.0. The second-order valence-corrected chi connectivity index (χ2v) is 8.20. The van der Waals surface area contributed by atoms with Gasteiger partial charge in [-0.25, -0.2) is 0 Å². The van der Waals surface area contributed by atoms with E-state index < -0.39 is 0 Å². The average molecular weight is 351 g/mol. The Morgan fingerprint density at radius 1 is 0.840 bits per heavy atom. The third-order valence-corrected chi connectivity index (χ3v) is 6.28. The predicted molar refractivity (Wildman–Crippen MR) is 99.5 cm³/mol. The lowest BCUT2D eigenvalue weighted by Gasteiger charge is -2.25. The summed E-state index contributed by atoms with van der Waals surface area (Å²) in [7, 11) is 0. The molecule has 2 aromatic carbocycles. The van der Waals surface area contributed by atoms with Crippen LogP contribution in [0, 0.1) is 17.8 Å². The lowest BCUT2D eigenvalue weighted by molar-refractivity contribution is -0.122. The summed E-state index contributed by atoms with van der Waals surface area (Å²) >= 11 is 1.67. The van der Waals surface area contributed by atoms with Crippen molar-refractivity contribution in [3.05, 3.63) is 54.6 Å². The zero-order valence-corrected chi connectivity index (χ0v) is 15.0. The molecule has 0 spiro atoms. The summed E-state index contributed by atoms with van der Waals surface area (Å²) in [6, 6.07) is 17.9. The van der Waals surface area contributed by atoms with Gasteiger partial charge in [0.15, 0.2) is 0 Å². The van der Waals surface area contributed by atoms with E-state index >= 15 is 0 Å². The van der Waals surface area contributed by atoms with Crippen molar-refractivity contribution < 1.29 is 9.59 Å². The molecule has 25 heavy (non-hydrogen) atoms. The van der Waals surface area contributed by atoms with E-state index in [1.54, 1.807) is 11.8 Å². The van der Waals surface area contributed by atoms with Gasteiger partial charge in [0.25, 0.3) is 0 Å². The van der Waals surface area contributed by atoms with Crippen LogP contribution in [0.4, 0.5) is 5.69 Å². The second kappa shape index (κ2) is 6.68. The minimum Gasteiger partial charge on any atom is -0.274 e. The summed E-state index contributed by atoms with van der Waals surface area (Å²) in [5.74, 6) is 0.287. The number of fused-ring (bicyclic) bond motifs is 1. The van der Waals surface area contributed by atoms with Crippen LogP contribution < -0.4 is 4.90 Å². The number of benzene rings is 2. The van der Waals surface area contributed by atoms with E-state index in [9.17, 15) is 9.59 Å². The van der Waals surface area contributed by atoms with Gasteiger partial charge in [-0.1, -0.05) is 36.9 Å². The zero-order valence-electron chi connectivity index (χ0n) is 14.2. The molecule has 0 N–H and O–H groups in total. The molecule has 3 atom stereocenters. The van der Waals surface area contributed by atoms with Gasteiger partial charge in [0, 0.05) is 9.79 Å². The number of rotatable bonds is 3. The minimum atomic E-state index is -0.116. The molecule has 0 aromatic heterocycles. The number of nitrogens with zero attached hydrogens (tertiary/aromatic N) is 1. The lowest BCUT2D eigenvalue weighted by Crippen LogP contribution is -2.30. The van der Waals surface area contributed by atoms with Crippen LogP contribution >= 0.6 is 11.8 Å². The largest absolute Gasteiger partial charge is 0.274 e. The fourth-order valence-electron chi connectivity index (χ4n) is 3.93. The summed E-state index contributed by atoms with van der Waals surface area (Å²) < 4.78 is 0. The number of anilines is 1. The topological polar surface area (TPSA) is 37.4 Å². The van der Waals surface area contributed by atoms with Gasteiger partial charge >= 0.3 is 0 Å². The molecule has 4 heteroatoms. The van der Waals surface area contributed by atoms with Gasteiger partial charge in [-0.15, -0.1) is 0 Å². The average Bonchev–Trinajstić information content (AvgIpc) is 2.87. The molecule has 0 bridgehead atoms. The van der Waals surface area contributed by atoms with Crippen molar-refractivity contribution in [2.24, 2.45) is 17.8 Å². The van der Waals surface area contributed by atoms with Crippen LogP contribution in [0.1, 0.15) is 26.2 Å². The van der Waals surface area contributed by atoms with Crippen LogP contribution in [0.5, 0.6) is 0 Å². The van der Waals surface area contributed by atoms with E-state index in [0.717, 1.165) is 24.2 Å². The van der Waals surface area contributed by atoms with Crippen molar-refractivity contribution in [2.75, 3.05) is 4.90 Å². The molecule has 0 radical (unpaired) electrons. The molecule has 1 saturated heterocycles. The molecule has 128 valence electrons. The van der Waals surface area contributed by atoms with Crippen molar-refractivity contribution in [2.45, 2.75) is 36.0 Å². The summed E-state index contributed by atoms with van der Waals surface area (Å²) in [5.41, 5.74) is 0.703. The molecule has 3 nitrogen and oxygen atoms in total. The third-order valence-electron chi connectivity index (χ3n) is 5.26. The molecule has 2 amide bonds. The first-order valence-corrected chi connectivity index (χ1v) is 9.66. The van der Waals surface area contributed by atoms with E-state index in [-0.39, 0.29) is 23.7 Å². The number of amides is 2. The predicted octanol–water partition coefficient (Wildman–Crippen LogP) is 4.76. The maximum Gasteiger partial charge on any atom is 0.237 e. The molecular weight excluding hydrogens is 330 g/mol. The molecular formula is C21H21NO2S. The minimum absolute atomic E-state index is 0.00892. The molecule has 1 heterocycles. The Hall–Kier alpha value is -2.07. The van der Waals surface area contributed by atoms with Crippen LogP contribution in [0.25, 0.3) is 0 Å². The fourth-order valence-corrected chi connectivity index (χ4v) is 4.77. The molecule has 3 unspecified atom stereocenters. The van der Waals surface area contributed by atoms with Crippen molar-refractivity contribution in [1.29, 1.82) is 0 Å². The SMILES string of the molecule is CC1CCC2C(=O)N(c3ccc(Sc4ccccc4)cc3)C(=O)C2C1. The zero-order chi connectivity index (χ0) is 17.4. The number of carbonyl (C=O) groups excluding carboxylic acids is 2. The highest BCUT2D eigenvalue weighted by Gasteiger charge is 2.49. The second-order valence-electron chi connectivity index (χ2n) is 7.05. The highest BCUT2D eigenvalue weighted by atomic mass is 32.2. The van der Waals surface area contributed by atoms with Crippen molar-refractivity contribution in [1.82, 2.24) is 0 Å².